The van der Waals surface area contributed by atoms with Gasteiger partial charge in [-0.3, -0.25) is 4.79 Å². The van der Waals surface area contributed by atoms with Gasteiger partial charge in [0.25, 0.3) is 5.91 Å². The number of rotatable bonds is 3. The number of carbonyl (C=O) groups excluding carboxylic acids is 1. The first-order valence-corrected chi connectivity index (χ1v) is 6.71. The summed E-state index contributed by atoms with van der Waals surface area (Å²) >= 11 is 3.36. The minimum absolute atomic E-state index is 0.253. The fourth-order valence-electron chi connectivity index (χ4n) is 1.78. The Morgan fingerprint density at radius 2 is 2.32 bits per heavy atom. The molecule has 0 aliphatic carbocycles. The van der Waals surface area contributed by atoms with Crippen LogP contribution in [0.1, 0.15) is 16.5 Å². The van der Waals surface area contributed by atoms with E-state index in [1.807, 2.05) is 24.3 Å². The second-order valence-corrected chi connectivity index (χ2v) is 5.28. The molecule has 1 aromatic heterocycles. The lowest BCUT2D eigenvalue weighted by Crippen LogP contribution is -2.43. The minimum atomic E-state index is -0.253. The molecule has 0 unspecified atom stereocenters. The number of benzene rings is 1. The van der Waals surface area contributed by atoms with E-state index >= 15 is 0 Å². The standard InChI is InChI=1S/C12H12BrN5O/c13-8-2-1-3-9(4-8)15-12(19)11-7-18(17-16-11)10-5-14-6-10/h1-4,7,10,14H,5-6H2,(H,15,19). The maximum absolute atomic E-state index is 12.0. The highest BCUT2D eigenvalue weighted by molar-refractivity contribution is 9.10. The topological polar surface area (TPSA) is 71.8 Å². The second kappa shape index (κ2) is 5.10. The van der Waals surface area contributed by atoms with Gasteiger partial charge in [-0.05, 0) is 18.2 Å². The van der Waals surface area contributed by atoms with Gasteiger partial charge in [0.05, 0.1) is 12.2 Å². The number of nitrogens with zero attached hydrogens (tertiary/aromatic N) is 3. The Morgan fingerprint density at radius 1 is 1.47 bits per heavy atom. The minimum Gasteiger partial charge on any atom is -0.321 e. The molecule has 1 aromatic carbocycles. The zero-order chi connectivity index (χ0) is 13.2. The molecule has 3 rings (SSSR count). The molecule has 2 heterocycles. The molecule has 0 bridgehead atoms. The predicted molar refractivity (Wildman–Crippen MR) is 74.0 cm³/mol. The van der Waals surface area contributed by atoms with Crippen molar-refractivity contribution >= 4 is 27.5 Å². The van der Waals surface area contributed by atoms with E-state index in [2.05, 4.69) is 36.9 Å². The van der Waals surface area contributed by atoms with E-state index in [1.54, 1.807) is 10.9 Å². The second-order valence-electron chi connectivity index (χ2n) is 4.36. The van der Waals surface area contributed by atoms with Crippen molar-refractivity contribution in [1.29, 1.82) is 0 Å². The molecule has 2 N–H and O–H groups in total. The summed E-state index contributed by atoms with van der Waals surface area (Å²) in [7, 11) is 0. The Bertz CT molecular complexity index is 608. The van der Waals surface area contributed by atoms with Gasteiger partial charge in [0, 0.05) is 23.2 Å². The number of aromatic nitrogens is 3. The van der Waals surface area contributed by atoms with Gasteiger partial charge in [-0.2, -0.15) is 0 Å². The summed E-state index contributed by atoms with van der Waals surface area (Å²) in [5.41, 5.74) is 1.05. The maximum atomic E-state index is 12.0. The summed E-state index contributed by atoms with van der Waals surface area (Å²) in [6, 6.07) is 7.72. The largest absolute Gasteiger partial charge is 0.321 e. The summed E-state index contributed by atoms with van der Waals surface area (Å²) in [6.45, 7) is 1.74. The average Bonchev–Trinajstić information content (AvgIpc) is 2.76. The van der Waals surface area contributed by atoms with Crippen LogP contribution < -0.4 is 10.6 Å². The van der Waals surface area contributed by atoms with Gasteiger partial charge in [0.1, 0.15) is 0 Å². The lowest BCUT2D eigenvalue weighted by Gasteiger charge is -2.26. The number of hydrogen-bond donors (Lipinski definition) is 2. The third-order valence-corrected chi connectivity index (χ3v) is 3.45. The zero-order valence-corrected chi connectivity index (χ0v) is 11.6. The fraction of sp³-hybridized carbons (Fsp3) is 0.250. The first-order valence-electron chi connectivity index (χ1n) is 5.92. The predicted octanol–water partition coefficient (Wildman–Crippen LogP) is 1.44. The Balaban J connectivity index is 1.71. The van der Waals surface area contributed by atoms with Crippen LogP contribution in [-0.2, 0) is 0 Å². The number of nitrogens with one attached hydrogen (secondary N) is 2. The Hall–Kier alpha value is -1.73. The molecule has 0 radical (unpaired) electrons. The normalized spacial score (nSPS) is 15.0. The first kappa shape index (κ1) is 12.3. The van der Waals surface area contributed by atoms with Crippen LogP contribution in [-0.4, -0.2) is 34.0 Å². The quantitative estimate of drug-likeness (QED) is 0.897. The molecule has 0 spiro atoms. The first-order chi connectivity index (χ1) is 9.22. The third-order valence-electron chi connectivity index (χ3n) is 2.96. The van der Waals surface area contributed by atoms with E-state index in [0.29, 0.717) is 11.7 Å². The summed E-state index contributed by atoms with van der Waals surface area (Å²) in [6.07, 6.45) is 1.68. The highest BCUT2D eigenvalue weighted by Crippen LogP contribution is 2.16. The van der Waals surface area contributed by atoms with Gasteiger partial charge >= 0.3 is 0 Å². The fourth-order valence-corrected chi connectivity index (χ4v) is 2.18. The van der Waals surface area contributed by atoms with E-state index < -0.39 is 0 Å². The molecule has 1 fully saturated rings. The van der Waals surface area contributed by atoms with Crippen LogP contribution >= 0.6 is 15.9 Å². The molecule has 1 aliphatic heterocycles. The highest BCUT2D eigenvalue weighted by atomic mass is 79.9. The maximum Gasteiger partial charge on any atom is 0.277 e. The lowest BCUT2D eigenvalue weighted by atomic mass is 10.2. The van der Waals surface area contributed by atoms with Crippen LogP contribution in [0.4, 0.5) is 5.69 Å². The Kier molecular flexibility index (Phi) is 3.31. The van der Waals surface area contributed by atoms with Crippen molar-refractivity contribution in [2.75, 3.05) is 18.4 Å². The summed E-state index contributed by atoms with van der Waals surface area (Å²) in [5, 5.41) is 13.8. The molecule has 0 atom stereocenters. The van der Waals surface area contributed by atoms with Crippen molar-refractivity contribution in [1.82, 2.24) is 20.3 Å². The van der Waals surface area contributed by atoms with Gasteiger partial charge < -0.3 is 10.6 Å². The highest BCUT2D eigenvalue weighted by Gasteiger charge is 2.21. The number of anilines is 1. The van der Waals surface area contributed by atoms with Gasteiger partial charge in [0.2, 0.25) is 0 Å². The van der Waals surface area contributed by atoms with Crippen molar-refractivity contribution < 1.29 is 4.79 Å². The van der Waals surface area contributed by atoms with Crippen molar-refractivity contribution in [2.45, 2.75) is 6.04 Å². The Morgan fingerprint density at radius 3 is 3.00 bits per heavy atom. The van der Waals surface area contributed by atoms with E-state index in [4.69, 9.17) is 0 Å². The van der Waals surface area contributed by atoms with Gasteiger partial charge in [0.15, 0.2) is 5.69 Å². The number of carbonyl (C=O) groups is 1. The summed E-state index contributed by atoms with van der Waals surface area (Å²) in [5.74, 6) is -0.253. The molecule has 6 nitrogen and oxygen atoms in total. The third kappa shape index (κ3) is 2.66. The molecule has 19 heavy (non-hydrogen) atoms. The van der Waals surface area contributed by atoms with Gasteiger partial charge in [-0.1, -0.05) is 27.2 Å². The van der Waals surface area contributed by atoms with Crippen LogP contribution in [0.2, 0.25) is 0 Å². The summed E-state index contributed by atoms with van der Waals surface area (Å²) < 4.78 is 2.64. The van der Waals surface area contributed by atoms with Crippen LogP contribution in [0.5, 0.6) is 0 Å². The number of halogens is 1. The number of hydrogen-bond acceptors (Lipinski definition) is 4. The van der Waals surface area contributed by atoms with Gasteiger partial charge in [-0.15, -0.1) is 5.10 Å². The van der Waals surface area contributed by atoms with Crippen molar-refractivity contribution in [2.24, 2.45) is 0 Å². The molecule has 7 heteroatoms. The van der Waals surface area contributed by atoms with Crippen molar-refractivity contribution in [3.8, 4) is 0 Å². The Labute approximate surface area is 118 Å². The smallest absolute Gasteiger partial charge is 0.277 e. The molecular formula is C12H12BrN5O. The van der Waals surface area contributed by atoms with E-state index in [-0.39, 0.29) is 5.91 Å². The van der Waals surface area contributed by atoms with E-state index in [0.717, 1.165) is 23.2 Å². The molecule has 98 valence electrons. The molecule has 2 aromatic rings. The monoisotopic (exact) mass is 321 g/mol. The summed E-state index contributed by atoms with van der Waals surface area (Å²) in [4.78, 5) is 12.0. The molecule has 0 saturated carbocycles. The average molecular weight is 322 g/mol. The van der Waals surface area contributed by atoms with E-state index in [1.165, 1.54) is 0 Å². The van der Waals surface area contributed by atoms with Crippen LogP contribution in [0, 0.1) is 0 Å². The van der Waals surface area contributed by atoms with Crippen LogP contribution in [0.15, 0.2) is 34.9 Å². The van der Waals surface area contributed by atoms with Crippen molar-refractivity contribution in [3.05, 3.63) is 40.6 Å². The zero-order valence-electron chi connectivity index (χ0n) is 10.0. The molecule has 1 saturated heterocycles. The van der Waals surface area contributed by atoms with E-state index in [9.17, 15) is 4.79 Å². The lowest BCUT2D eigenvalue weighted by molar-refractivity contribution is 0.102. The van der Waals surface area contributed by atoms with Crippen LogP contribution in [0.3, 0.4) is 0 Å². The van der Waals surface area contributed by atoms with Crippen LogP contribution in [0.25, 0.3) is 0 Å². The number of amides is 1. The molecule has 1 amide bonds. The molecular weight excluding hydrogens is 310 g/mol. The SMILES string of the molecule is O=C(Nc1cccc(Br)c1)c1cn(C2CNC2)nn1. The van der Waals surface area contributed by atoms with Crippen molar-refractivity contribution in [3.63, 3.8) is 0 Å². The molecule has 1 aliphatic rings. The van der Waals surface area contributed by atoms with Gasteiger partial charge in [-0.25, -0.2) is 4.68 Å².